The van der Waals surface area contributed by atoms with Gasteiger partial charge in [-0.1, -0.05) is 30.3 Å². The average molecular weight is 399 g/mol. The first-order valence-electron chi connectivity index (χ1n) is 9.52. The minimum atomic E-state index is -0.378. The number of aryl methyl sites for hydroxylation is 1. The number of phenolic OH excluding ortho intramolecular Hbond substituents is 1. The summed E-state index contributed by atoms with van der Waals surface area (Å²) in [7, 11) is 0. The maximum absolute atomic E-state index is 13.3. The topological polar surface area (TPSA) is 81.7 Å². The minimum absolute atomic E-state index is 0.0846. The number of hydrazine groups is 1. The fourth-order valence-corrected chi connectivity index (χ4v) is 3.46. The van der Waals surface area contributed by atoms with Crippen molar-refractivity contribution in [2.24, 2.45) is 0 Å². The Hall–Kier alpha value is -4.06. The number of rotatable bonds is 4. The molecule has 6 heteroatoms. The largest absolute Gasteiger partial charge is 0.508 e. The molecule has 0 atom stereocenters. The number of para-hydroxylation sites is 1. The zero-order valence-electron chi connectivity index (χ0n) is 16.6. The summed E-state index contributed by atoms with van der Waals surface area (Å²) in [5, 5.41) is 9.34. The van der Waals surface area contributed by atoms with Crippen LogP contribution in [0, 0.1) is 13.8 Å². The number of fused-ring (bicyclic) bond motifs is 1. The fourth-order valence-electron chi connectivity index (χ4n) is 3.46. The monoisotopic (exact) mass is 399 g/mol. The number of aromatic hydroxyl groups is 1. The highest BCUT2D eigenvalue weighted by Gasteiger charge is 2.34. The van der Waals surface area contributed by atoms with Gasteiger partial charge in [0.1, 0.15) is 5.75 Å². The van der Waals surface area contributed by atoms with Crippen molar-refractivity contribution in [2.45, 2.75) is 13.8 Å². The zero-order valence-corrected chi connectivity index (χ0v) is 16.6. The molecule has 0 saturated heterocycles. The molecule has 0 unspecified atom stereocenters. The van der Waals surface area contributed by atoms with Crippen LogP contribution in [0.5, 0.6) is 5.75 Å². The van der Waals surface area contributed by atoms with E-state index in [9.17, 15) is 14.7 Å². The summed E-state index contributed by atoms with van der Waals surface area (Å²) >= 11 is 0. The van der Waals surface area contributed by atoms with E-state index in [0.717, 1.165) is 28.1 Å². The molecule has 0 aromatic heterocycles. The Morgan fingerprint density at radius 1 is 0.933 bits per heavy atom. The Labute approximate surface area is 174 Å². The van der Waals surface area contributed by atoms with Gasteiger partial charge in [-0.05, 0) is 61.4 Å². The standard InChI is InChI=1S/C24H21N3O3/c1-15-6-5-9-21(16(15)2)27-22-8-4-3-7-19(22)20(24(27)30)14-25-26-23(29)17-10-12-18(28)13-11-17/h3-14,25,28H,1-2H3,(H,26,29). The number of nitrogens with zero attached hydrogens (tertiary/aromatic N) is 1. The molecule has 4 rings (SSSR count). The van der Waals surface area contributed by atoms with Gasteiger partial charge in [0.25, 0.3) is 11.8 Å². The molecule has 1 aliphatic rings. The summed E-state index contributed by atoms with van der Waals surface area (Å²) in [5.74, 6) is -0.463. The van der Waals surface area contributed by atoms with Gasteiger partial charge in [-0.15, -0.1) is 0 Å². The lowest BCUT2D eigenvalue weighted by atomic mass is 10.1. The van der Waals surface area contributed by atoms with Crippen molar-refractivity contribution in [1.29, 1.82) is 0 Å². The van der Waals surface area contributed by atoms with Gasteiger partial charge < -0.3 is 10.5 Å². The Morgan fingerprint density at radius 3 is 2.40 bits per heavy atom. The van der Waals surface area contributed by atoms with Gasteiger partial charge in [-0.2, -0.15) is 0 Å². The summed E-state index contributed by atoms with van der Waals surface area (Å²) in [5.41, 5.74) is 10.7. The van der Waals surface area contributed by atoms with E-state index in [-0.39, 0.29) is 17.6 Å². The number of amides is 2. The maximum atomic E-state index is 13.3. The van der Waals surface area contributed by atoms with Crippen molar-refractivity contribution in [1.82, 2.24) is 10.9 Å². The predicted molar refractivity (Wildman–Crippen MR) is 116 cm³/mol. The van der Waals surface area contributed by atoms with Gasteiger partial charge >= 0.3 is 0 Å². The van der Waals surface area contributed by atoms with Crippen molar-refractivity contribution in [3.8, 4) is 5.75 Å². The number of carbonyl (C=O) groups is 2. The molecule has 150 valence electrons. The van der Waals surface area contributed by atoms with Crippen LogP contribution in [0.25, 0.3) is 5.57 Å². The predicted octanol–water partition coefficient (Wildman–Crippen LogP) is 3.96. The van der Waals surface area contributed by atoms with Gasteiger partial charge in [0.2, 0.25) is 0 Å². The van der Waals surface area contributed by atoms with Crippen LogP contribution in [0.15, 0.2) is 72.9 Å². The second-order valence-electron chi connectivity index (χ2n) is 7.08. The van der Waals surface area contributed by atoms with E-state index < -0.39 is 0 Å². The number of phenols is 1. The summed E-state index contributed by atoms with van der Waals surface area (Å²) in [6.07, 6.45) is 1.50. The maximum Gasteiger partial charge on any atom is 0.269 e. The third-order valence-electron chi connectivity index (χ3n) is 5.22. The third-order valence-corrected chi connectivity index (χ3v) is 5.22. The van der Waals surface area contributed by atoms with Crippen LogP contribution in [0.3, 0.4) is 0 Å². The van der Waals surface area contributed by atoms with Gasteiger partial charge in [0, 0.05) is 17.3 Å². The lowest BCUT2D eigenvalue weighted by molar-refractivity contribution is -0.112. The van der Waals surface area contributed by atoms with Crippen LogP contribution in [-0.4, -0.2) is 16.9 Å². The Bertz CT molecular complexity index is 1170. The molecule has 1 aliphatic heterocycles. The number of nitrogens with one attached hydrogen (secondary N) is 2. The van der Waals surface area contributed by atoms with E-state index >= 15 is 0 Å². The molecular formula is C24H21N3O3. The van der Waals surface area contributed by atoms with Gasteiger partial charge in [-0.3, -0.25) is 19.9 Å². The minimum Gasteiger partial charge on any atom is -0.508 e. The average Bonchev–Trinajstić information content (AvgIpc) is 3.02. The Morgan fingerprint density at radius 2 is 1.63 bits per heavy atom. The van der Waals surface area contributed by atoms with Crippen LogP contribution in [0.1, 0.15) is 27.0 Å². The number of carbonyl (C=O) groups excluding carboxylic acids is 2. The molecule has 3 N–H and O–H groups in total. The fraction of sp³-hybridized carbons (Fsp3) is 0.0833. The van der Waals surface area contributed by atoms with Crippen molar-refractivity contribution in [2.75, 3.05) is 4.90 Å². The number of hydrogen-bond donors (Lipinski definition) is 3. The highest BCUT2D eigenvalue weighted by atomic mass is 16.3. The van der Waals surface area contributed by atoms with E-state index in [1.165, 1.54) is 30.5 Å². The highest BCUT2D eigenvalue weighted by molar-refractivity contribution is 6.35. The van der Waals surface area contributed by atoms with E-state index in [1.807, 2.05) is 56.3 Å². The molecule has 3 aromatic rings. The first kappa shape index (κ1) is 19.3. The van der Waals surface area contributed by atoms with E-state index in [4.69, 9.17) is 0 Å². The smallest absolute Gasteiger partial charge is 0.269 e. The molecule has 2 amide bonds. The number of benzene rings is 3. The molecule has 1 heterocycles. The molecule has 0 aliphatic carbocycles. The van der Waals surface area contributed by atoms with E-state index in [0.29, 0.717) is 11.1 Å². The molecule has 30 heavy (non-hydrogen) atoms. The first-order chi connectivity index (χ1) is 14.5. The molecular weight excluding hydrogens is 378 g/mol. The second-order valence-corrected chi connectivity index (χ2v) is 7.08. The summed E-state index contributed by atoms with van der Waals surface area (Å²) in [6, 6.07) is 19.3. The van der Waals surface area contributed by atoms with E-state index in [1.54, 1.807) is 4.90 Å². The third kappa shape index (κ3) is 3.39. The molecule has 0 radical (unpaired) electrons. The molecule has 0 spiro atoms. The Balaban J connectivity index is 1.61. The van der Waals surface area contributed by atoms with Crippen molar-refractivity contribution >= 4 is 28.8 Å². The van der Waals surface area contributed by atoms with Gasteiger partial charge in [0.15, 0.2) is 0 Å². The highest BCUT2D eigenvalue weighted by Crippen LogP contribution is 2.42. The van der Waals surface area contributed by atoms with E-state index in [2.05, 4.69) is 10.9 Å². The first-order valence-corrected chi connectivity index (χ1v) is 9.52. The Kier molecular flexibility index (Phi) is 4.98. The number of hydrogen-bond acceptors (Lipinski definition) is 4. The normalized spacial score (nSPS) is 14.0. The van der Waals surface area contributed by atoms with Gasteiger partial charge in [-0.25, -0.2) is 0 Å². The number of anilines is 2. The van der Waals surface area contributed by atoms with Crippen molar-refractivity contribution < 1.29 is 14.7 Å². The van der Waals surface area contributed by atoms with Crippen LogP contribution >= 0.6 is 0 Å². The van der Waals surface area contributed by atoms with Crippen LogP contribution in [0.2, 0.25) is 0 Å². The van der Waals surface area contributed by atoms with Crippen molar-refractivity contribution in [3.63, 3.8) is 0 Å². The summed E-state index contributed by atoms with van der Waals surface area (Å²) in [6.45, 7) is 4.01. The quantitative estimate of drug-likeness (QED) is 0.458. The molecule has 0 bridgehead atoms. The summed E-state index contributed by atoms with van der Waals surface area (Å²) in [4.78, 5) is 27.2. The SMILES string of the molecule is Cc1cccc(N2C(=O)C(=CNNC(=O)c3ccc(O)cc3)c3ccccc32)c1C. The van der Waals surface area contributed by atoms with Crippen LogP contribution < -0.4 is 15.8 Å². The molecule has 0 saturated carbocycles. The zero-order chi connectivity index (χ0) is 21.3. The molecule has 3 aromatic carbocycles. The molecule has 0 fully saturated rings. The lowest BCUT2D eigenvalue weighted by Crippen LogP contribution is -2.34. The van der Waals surface area contributed by atoms with Crippen LogP contribution in [-0.2, 0) is 4.79 Å². The molecule has 6 nitrogen and oxygen atoms in total. The van der Waals surface area contributed by atoms with Gasteiger partial charge in [0.05, 0.1) is 16.9 Å². The second kappa shape index (κ2) is 7.75. The van der Waals surface area contributed by atoms with Crippen molar-refractivity contribution in [3.05, 3.63) is 95.2 Å². The summed E-state index contributed by atoms with van der Waals surface area (Å²) < 4.78 is 0. The lowest BCUT2D eigenvalue weighted by Gasteiger charge is -2.20. The van der Waals surface area contributed by atoms with Crippen LogP contribution in [0.4, 0.5) is 11.4 Å².